The van der Waals surface area contributed by atoms with Crippen molar-refractivity contribution >= 4 is 0 Å². The molecule has 0 amide bonds. The van der Waals surface area contributed by atoms with Crippen LogP contribution in [0.2, 0.25) is 0 Å². The quantitative estimate of drug-likeness (QED) is 0.844. The summed E-state index contributed by atoms with van der Waals surface area (Å²) in [6.07, 6.45) is 0. The number of rotatable bonds is 2. The normalized spacial score (nSPS) is 10.6. The molecule has 0 spiro atoms. The van der Waals surface area contributed by atoms with Gasteiger partial charge < -0.3 is 5.11 Å². The lowest BCUT2D eigenvalue weighted by molar-refractivity contribution is 0.269. The number of aryl methyl sites for hydroxylation is 1. The van der Waals surface area contributed by atoms with Crippen LogP contribution >= 0.6 is 0 Å². The maximum atomic E-state index is 13.9. The molecular weight excluding hydrogens is 222 g/mol. The van der Waals surface area contributed by atoms with Crippen LogP contribution in [-0.4, -0.2) is 5.11 Å². The van der Waals surface area contributed by atoms with Crippen molar-refractivity contribution in [3.63, 3.8) is 0 Å². The van der Waals surface area contributed by atoms with Crippen molar-refractivity contribution in [1.29, 1.82) is 0 Å². The Labute approximate surface area is 98.3 Å². The van der Waals surface area contributed by atoms with Crippen molar-refractivity contribution in [3.8, 4) is 11.1 Å². The van der Waals surface area contributed by atoms with E-state index in [4.69, 9.17) is 5.11 Å². The fourth-order valence-corrected chi connectivity index (χ4v) is 1.70. The summed E-state index contributed by atoms with van der Waals surface area (Å²) in [5.41, 5.74) is 1.75. The van der Waals surface area contributed by atoms with E-state index in [2.05, 4.69) is 0 Å². The molecule has 17 heavy (non-hydrogen) atoms. The van der Waals surface area contributed by atoms with E-state index in [1.165, 1.54) is 12.1 Å². The molecule has 0 fully saturated rings. The number of benzene rings is 2. The van der Waals surface area contributed by atoms with Gasteiger partial charge in [-0.3, -0.25) is 0 Å². The summed E-state index contributed by atoms with van der Waals surface area (Å²) in [6, 6.07) is 9.81. The number of hydrogen-bond donors (Lipinski definition) is 1. The van der Waals surface area contributed by atoms with Crippen LogP contribution in [0.4, 0.5) is 8.78 Å². The summed E-state index contributed by atoms with van der Waals surface area (Å²) in [4.78, 5) is 0. The first kappa shape index (κ1) is 11.7. The van der Waals surface area contributed by atoms with Crippen LogP contribution in [0.1, 0.15) is 11.1 Å². The molecule has 3 heteroatoms. The zero-order valence-electron chi connectivity index (χ0n) is 9.37. The van der Waals surface area contributed by atoms with Gasteiger partial charge in [-0.2, -0.15) is 0 Å². The van der Waals surface area contributed by atoms with Gasteiger partial charge in [0.1, 0.15) is 11.6 Å². The van der Waals surface area contributed by atoms with E-state index in [1.54, 1.807) is 12.1 Å². The van der Waals surface area contributed by atoms with Crippen LogP contribution in [0.25, 0.3) is 11.1 Å². The molecule has 88 valence electrons. The Morgan fingerprint density at radius 3 is 2.24 bits per heavy atom. The molecule has 0 radical (unpaired) electrons. The Bertz CT molecular complexity index is 533. The number of halogens is 2. The third-order valence-electron chi connectivity index (χ3n) is 2.71. The average Bonchev–Trinajstić information content (AvgIpc) is 2.31. The predicted octanol–water partition coefficient (Wildman–Crippen LogP) is 3.43. The van der Waals surface area contributed by atoms with Crippen LogP contribution in [0.5, 0.6) is 0 Å². The van der Waals surface area contributed by atoms with E-state index >= 15 is 0 Å². The molecule has 0 aromatic heterocycles. The smallest absolute Gasteiger partial charge is 0.139 e. The van der Waals surface area contributed by atoms with Gasteiger partial charge in [0.2, 0.25) is 0 Å². The highest BCUT2D eigenvalue weighted by Crippen LogP contribution is 2.26. The minimum atomic E-state index is -0.721. The molecule has 0 saturated carbocycles. The molecule has 0 aliphatic rings. The van der Waals surface area contributed by atoms with Crippen LogP contribution < -0.4 is 0 Å². The van der Waals surface area contributed by atoms with Crippen molar-refractivity contribution in [3.05, 3.63) is 59.2 Å². The summed E-state index contributed by atoms with van der Waals surface area (Å²) in [5.74, 6) is -1.42. The fraction of sp³-hybridized carbons (Fsp3) is 0.143. The maximum Gasteiger partial charge on any atom is 0.139 e. The maximum absolute atomic E-state index is 13.9. The van der Waals surface area contributed by atoms with E-state index < -0.39 is 18.2 Å². The summed E-state index contributed by atoms with van der Waals surface area (Å²) < 4.78 is 27.1. The van der Waals surface area contributed by atoms with Crippen LogP contribution in [0, 0.1) is 18.6 Å². The first-order valence-electron chi connectivity index (χ1n) is 5.28. The Kier molecular flexibility index (Phi) is 3.20. The molecule has 1 N–H and O–H groups in total. The molecule has 2 aromatic rings. The van der Waals surface area contributed by atoms with Gasteiger partial charge in [-0.05, 0) is 24.6 Å². The minimum absolute atomic E-state index is 0.289. The number of aliphatic hydroxyl groups is 1. The standard InChI is InChI=1S/C14H12F2O/c1-9-2-4-10(5-3-9)11-6-7-13(15)12(8-17)14(11)16/h2-7,17H,8H2,1H3. The zero-order chi connectivity index (χ0) is 12.4. The summed E-state index contributed by atoms with van der Waals surface area (Å²) in [5, 5.41) is 8.93. The van der Waals surface area contributed by atoms with Crippen LogP contribution in [-0.2, 0) is 6.61 Å². The monoisotopic (exact) mass is 234 g/mol. The molecule has 0 atom stereocenters. The molecule has 0 aliphatic carbocycles. The Morgan fingerprint density at radius 1 is 1.00 bits per heavy atom. The van der Waals surface area contributed by atoms with E-state index in [0.29, 0.717) is 11.1 Å². The average molecular weight is 234 g/mol. The van der Waals surface area contributed by atoms with Crippen LogP contribution in [0.3, 0.4) is 0 Å². The van der Waals surface area contributed by atoms with E-state index in [-0.39, 0.29) is 5.56 Å². The second kappa shape index (κ2) is 4.63. The highest BCUT2D eigenvalue weighted by Gasteiger charge is 2.13. The van der Waals surface area contributed by atoms with Gasteiger partial charge in [0.25, 0.3) is 0 Å². The fourth-order valence-electron chi connectivity index (χ4n) is 1.70. The van der Waals surface area contributed by atoms with Gasteiger partial charge in [0.15, 0.2) is 0 Å². The molecule has 0 heterocycles. The molecule has 1 nitrogen and oxygen atoms in total. The highest BCUT2D eigenvalue weighted by atomic mass is 19.1. The largest absolute Gasteiger partial charge is 0.391 e. The molecule has 0 unspecified atom stereocenters. The van der Waals surface area contributed by atoms with Gasteiger partial charge in [-0.1, -0.05) is 29.8 Å². The van der Waals surface area contributed by atoms with Crippen molar-refractivity contribution in [2.24, 2.45) is 0 Å². The Hall–Kier alpha value is -1.74. The molecule has 0 aliphatic heterocycles. The lowest BCUT2D eigenvalue weighted by atomic mass is 10.0. The van der Waals surface area contributed by atoms with Crippen molar-refractivity contribution in [1.82, 2.24) is 0 Å². The molecular formula is C14H12F2O. The number of aliphatic hydroxyl groups excluding tert-OH is 1. The zero-order valence-corrected chi connectivity index (χ0v) is 9.37. The van der Waals surface area contributed by atoms with Gasteiger partial charge >= 0.3 is 0 Å². The topological polar surface area (TPSA) is 20.2 Å². The summed E-state index contributed by atoms with van der Waals surface area (Å²) in [6.45, 7) is 1.29. The van der Waals surface area contributed by atoms with Crippen molar-refractivity contribution in [2.75, 3.05) is 0 Å². The molecule has 2 rings (SSSR count). The minimum Gasteiger partial charge on any atom is -0.391 e. The molecule has 0 bridgehead atoms. The van der Waals surface area contributed by atoms with Crippen molar-refractivity contribution < 1.29 is 13.9 Å². The SMILES string of the molecule is Cc1ccc(-c2ccc(F)c(CO)c2F)cc1. The predicted molar refractivity (Wildman–Crippen MR) is 62.5 cm³/mol. The lowest BCUT2D eigenvalue weighted by Crippen LogP contribution is -1.97. The van der Waals surface area contributed by atoms with Gasteiger partial charge in [0, 0.05) is 11.1 Å². The summed E-state index contributed by atoms with van der Waals surface area (Å²) in [7, 11) is 0. The Morgan fingerprint density at radius 2 is 1.65 bits per heavy atom. The third kappa shape index (κ3) is 2.19. The van der Waals surface area contributed by atoms with Gasteiger partial charge in [-0.25, -0.2) is 8.78 Å². The second-order valence-electron chi connectivity index (χ2n) is 3.91. The van der Waals surface area contributed by atoms with Gasteiger partial charge in [0.05, 0.1) is 6.61 Å². The lowest BCUT2D eigenvalue weighted by Gasteiger charge is -2.08. The molecule has 0 saturated heterocycles. The van der Waals surface area contributed by atoms with E-state index in [1.807, 2.05) is 19.1 Å². The van der Waals surface area contributed by atoms with Crippen molar-refractivity contribution in [2.45, 2.75) is 13.5 Å². The van der Waals surface area contributed by atoms with E-state index in [0.717, 1.165) is 5.56 Å². The first-order chi connectivity index (χ1) is 8.13. The van der Waals surface area contributed by atoms with Crippen LogP contribution in [0.15, 0.2) is 36.4 Å². The summed E-state index contributed by atoms with van der Waals surface area (Å²) >= 11 is 0. The highest BCUT2D eigenvalue weighted by molar-refractivity contribution is 5.65. The Balaban J connectivity index is 2.56. The molecule has 2 aromatic carbocycles. The third-order valence-corrected chi connectivity index (χ3v) is 2.71. The van der Waals surface area contributed by atoms with Gasteiger partial charge in [-0.15, -0.1) is 0 Å². The van der Waals surface area contributed by atoms with E-state index in [9.17, 15) is 8.78 Å². The first-order valence-corrected chi connectivity index (χ1v) is 5.28. The second-order valence-corrected chi connectivity index (χ2v) is 3.91. The number of hydrogen-bond acceptors (Lipinski definition) is 1.